The molecule has 138 valence electrons. The lowest BCUT2D eigenvalue weighted by Gasteiger charge is -2.26. The minimum atomic E-state index is 0.00659. The highest BCUT2D eigenvalue weighted by Crippen LogP contribution is 2.29. The number of carbonyl (C=O) groups is 1. The first-order valence-electron chi connectivity index (χ1n) is 9.47. The first kappa shape index (κ1) is 18.4. The van der Waals surface area contributed by atoms with Crippen LogP contribution in [0, 0.1) is 13.8 Å². The number of benzene rings is 1. The summed E-state index contributed by atoms with van der Waals surface area (Å²) in [6.07, 6.45) is 3.34. The van der Waals surface area contributed by atoms with Crippen molar-refractivity contribution in [2.75, 3.05) is 18.4 Å². The molecule has 1 fully saturated rings. The molecule has 0 atom stereocenters. The van der Waals surface area contributed by atoms with Crippen LogP contribution in [0.15, 0.2) is 24.3 Å². The minimum absolute atomic E-state index is 0.00659. The van der Waals surface area contributed by atoms with E-state index in [0.717, 1.165) is 42.9 Å². The number of likely N-dealkylation sites (tertiary alicyclic amines) is 1. The fraction of sp³-hybridized carbons (Fsp3) is 0.476. The smallest absolute Gasteiger partial charge is 0.272 e. The zero-order valence-corrected chi connectivity index (χ0v) is 16.2. The number of hydrogen-bond acceptors (Lipinski definition) is 4. The van der Waals surface area contributed by atoms with Gasteiger partial charge in [-0.15, -0.1) is 0 Å². The van der Waals surface area contributed by atoms with E-state index in [-0.39, 0.29) is 5.91 Å². The molecule has 1 saturated heterocycles. The largest absolute Gasteiger partial charge is 0.337 e. The molecule has 0 radical (unpaired) electrons. The predicted molar refractivity (Wildman–Crippen MR) is 105 cm³/mol. The molecule has 1 aromatic carbocycles. The van der Waals surface area contributed by atoms with Gasteiger partial charge in [0.2, 0.25) is 5.95 Å². The maximum Gasteiger partial charge on any atom is 0.272 e. The number of aromatic nitrogens is 2. The van der Waals surface area contributed by atoms with E-state index in [1.54, 1.807) is 6.07 Å². The molecule has 1 aliphatic heterocycles. The molecule has 0 bridgehead atoms. The Labute approximate surface area is 155 Å². The summed E-state index contributed by atoms with van der Waals surface area (Å²) in [5, 5.41) is 3.37. The van der Waals surface area contributed by atoms with Crippen LogP contribution in [0.2, 0.25) is 0 Å². The van der Waals surface area contributed by atoms with Gasteiger partial charge < -0.3 is 10.2 Å². The fourth-order valence-electron chi connectivity index (χ4n) is 3.45. The van der Waals surface area contributed by atoms with E-state index >= 15 is 0 Å². The summed E-state index contributed by atoms with van der Waals surface area (Å²) in [5.74, 6) is 0.880. The van der Waals surface area contributed by atoms with Crippen molar-refractivity contribution in [1.82, 2.24) is 14.9 Å². The van der Waals surface area contributed by atoms with Gasteiger partial charge in [-0.25, -0.2) is 9.97 Å². The average molecular weight is 352 g/mol. The standard InChI is InChI=1S/C21H28N4O/c1-14(2)17-10-8-9-15(3)19(17)24-21-22-16(4)13-18(23-21)20(26)25-11-6-5-7-12-25/h8-10,13-14H,5-7,11-12H2,1-4H3,(H,22,23,24). The van der Waals surface area contributed by atoms with Crippen molar-refractivity contribution < 1.29 is 4.79 Å². The third-order valence-electron chi connectivity index (χ3n) is 4.88. The van der Waals surface area contributed by atoms with Gasteiger partial charge in [-0.2, -0.15) is 0 Å². The highest BCUT2D eigenvalue weighted by Gasteiger charge is 2.21. The Morgan fingerprint density at radius 1 is 1.12 bits per heavy atom. The first-order chi connectivity index (χ1) is 12.5. The second-order valence-electron chi connectivity index (χ2n) is 7.39. The van der Waals surface area contributed by atoms with Crippen molar-refractivity contribution in [2.24, 2.45) is 0 Å². The highest BCUT2D eigenvalue weighted by atomic mass is 16.2. The van der Waals surface area contributed by atoms with E-state index in [1.165, 1.54) is 12.0 Å². The molecule has 0 saturated carbocycles. The van der Waals surface area contributed by atoms with Crippen LogP contribution >= 0.6 is 0 Å². The van der Waals surface area contributed by atoms with E-state index in [1.807, 2.05) is 11.8 Å². The Balaban J connectivity index is 1.90. The van der Waals surface area contributed by atoms with E-state index in [4.69, 9.17) is 0 Å². The van der Waals surface area contributed by atoms with Crippen LogP contribution in [0.1, 0.15) is 66.3 Å². The number of para-hydroxylation sites is 1. The minimum Gasteiger partial charge on any atom is -0.337 e. The monoisotopic (exact) mass is 352 g/mol. The first-order valence-corrected chi connectivity index (χ1v) is 9.47. The predicted octanol–water partition coefficient (Wildman–Crippen LogP) is 4.59. The molecule has 0 unspecified atom stereocenters. The molecule has 5 nitrogen and oxygen atoms in total. The van der Waals surface area contributed by atoms with Gasteiger partial charge in [0.15, 0.2) is 0 Å². The second kappa shape index (κ2) is 7.85. The number of carbonyl (C=O) groups excluding carboxylic acids is 1. The number of nitrogens with one attached hydrogen (secondary N) is 1. The van der Waals surface area contributed by atoms with Crippen LogP contribution in [0.3, 0.4) is 0 Å². The van der Waals surface area contributed by atoms with Gasteiger partial charge in [0.05, 0.1) is 0 Å². The third kappa shape index (κ3) is 4.03. The molecule has 2 heterocycles. The van der Waals surface area contributed by atoms with Crippen LogP contribution in [-0.4, -0.2) is 33.9 Å². The summed E-state index contributed by atoms with van der Waals surface area (Å²) >= 11 is 0. The van der Waals surface area contributed by atoms with Crippen molar-refractivity contribution >= 4 is 17.5 Å². The van der Waals surface area contributed by atoms with E-state index in [9.17, 15) is 4.79 Å². The quantitative estimate of drug-likeness (QED) is 0.874. The van der Waals surface area contributed by atoms with Crippen LogP contribution < -0.4 is 5.32 Å². The van der Waals surface area contributed by atoms with Crippen molar-refractivity contribution in [3.05, 3.63) is 46.8 Å². The Morgan fingerprint density at radius 3 is 2.54 bits per heavy atom. The molecule has 1 N–H and O–H groups in total. The molecule has 1 aromatic heterocycles. The van der Waals surface area contributed by atoms with Gasteiger partial charge in [-0.05, 0) is 56.2 Å². The average Bonchev–Trinajstić information content (AvgIpc) is 2.63. The lowest BCUT2D eigenvalue weighted by molar-refractivity contribution is 0.0718. The van der Waals surface area contributed by atoms with Gasteiger partial charge in [-0.3, -0.25) is 4.79 Å². The molecule has 1 amide bonds. The Bertz CT molecular complexity index is 795. The van der Waals surface area contributed by atoms with Crippen molar-refractivity contribution in [1.29, 1.82) is 0 Å². The summed E-state index contributed by atoms with van der Waals surface area (Å²) < 4.78 is 0. The summed E-state index contributed by atoms with van der Waals surface area (Å²) in [6.45, 7) is 9.95. The summed E-state index contributed by atoms with van der Waals surface area (Å²) in [4.78, 5) is 23.7. The van der Waals surface area contributed by atoms with Gasteiger partial charge >= 0.3 is 0 Å². The molecule has 26 heavy (non-hydrogen) atoms. The molecule has 5 heteroatoms. The Kier molecular flexibility index (Phi) is 5.55. The van der Waals surface area contributed by atoms with Crippen LogP contribution in [0.25, 0.3) is 0 Å². The van der Waals surface area contributed by atoms with E-state index in [2.05, 4.69) is 54.3 Å². The van der Waals surface area contributed by atoms with Crippen LogP contribution in [0.4, 0.5) is 11.6 Å². The lowest BCUT2D eigenvalue weighted by atomic mass is 9.98. The topological polar surface area (TPSA) is 58.1 Å². The van der Waals surface area contributed by atoms with Gasteiger partial charge in [0.25, 0.3) is 5.91 Å². The fourth-order valence-corrected chi connectivity index (χ4v) is 3.45. The second-order valence-corrected chi connectivity index (χ2v) is 7.39. The number of rotatable bonds is 4. The van der Waals surface area contributed by atoms with E-state index in [0.29, 0.717) is 17.6 Å². The van der Waals surface area contributed by atoms with Gasteiger partial charge in [0, 0.05) is 24.5 Å². The van der Waals surface area contributed by atoms with Crippen molar-refractivity contribution in [3.63, 3.8) is 0 Å². The molecule has 2 aromatic rings. The van der Waals surface area contributed by atoms with Crippen molar-refractivity contribution in [3.8, 4) is 0 Å². The van der Waals surface area contributed by atoms with Gasteiger partial charge in [-0.1, -0.05) is 32.0 Å². The number of aryl methyl sites for hydroxylation is 2. The molecule has 0 spiro atoms. The molecular formula is C21H28N4O. The lowest BCUT2D eigenvalue weighted by Crippen LogP contribution is -2.36. The van der Waals surface area contributed by atoms with Gasteiger partial charge in [0.1, 0.15) is 5.69 Å². The van der Waals surface area contributed by atoms with E-state index < -0.39 is 0 Å². The number of amides is 1. The SMILES string of the molecule is Cc1cc(C(=O)N2CCCCC2)nc(Nc2c(C)cccc2C(C)C)n1. The summed E-state index contributed by atoms with van der Waals surface area (Å²) in [7, 11) is 0. The maximum atomic E-state index is 12.8. The molecular weight excluding hydrogens is 324 g/mol. The van der Waals surface area contributed by atoms with Crippen LogP contribution in [-0.2, 0) is 0 Å². The zero-order chi connectivity index (χ0) is 18.7. The van der Waals surface area contributed by atoms with Crippen LogP contribution in [0.5, 0.6) is 0 Å². The Hall–Kier alpha value is -2.43. The summed E-state index contributed by atoms with van der Waals surface area (Å²) in [6, 6.07) is 8.04. The number of hydrogen-bond donors (Lipinski definition) is 1. The number of anilines is 2. The molecule has 0 aliphatic carbocycles. The maximum absolute atomic E-state index is 12.8. The third-order valence-corrected chi connectivity index (χ3v) is 4.88. The molecule has 3 rings (SSSR count). The molecule has 1 aliphatic rings. The number of piperidine rings is 1. The zero-order valence-electron chi connectivity index (χ0n) is 16.2. The van der Waals surface area contributed by atoms with Crippen molar-refractivity contribution in [2.45, 2.75) is 52.9 Å². The number of nitrogens with zero attached hydrogens (tertiary/aromatic N) is 3. The highest BCUT2D eigenvalue weighted by molar-refractivity contribution is 5.92. The summed E-state index contributed by atoms with van der Waals surface area (Å²) in [5.41, 5.74) is 4.66. The normalized spacial score (nSPS) is 14.6. The Morgan fingerprint density at radius 2 is 1.85 bits per heavy atom.